The fourth-order valence-electron chi connectivity index (χ4n) is 3.32. The molecule has 4 rings (SSSR count). The summed E-state index contributed by atoms with van der Waals surface area (Å²) >= 11 is 18.4. The maximum Gasteiger partial charge on any atom is 0.307 e. The molecule has 180 valence electrons. The Morgan fingerprint density at radius 3 is 2.57 bits per heavy atom. The molecule has 1 amide bonds. The van der Waals surface area contributed by atoms with Crippen molar-refractivity contribution < 1.29 is 28.4 Å². The van der Waals surface area contributed by atoms with Gasteiger partial charge in [-0.2, -0.15) is 0 Å². The van der Waals surface area contributed by atoms with Gasteiger partial charge in [0.15, 0.2) is 5.76 Å². The molecule has 0 radical (unpaired) electrons. The van der Waals surface area contributed by atoms with Crippen molar-refractivity contribution in [3.63, 3.8) is 0 Å². The van der Waals surface area contributed by atoms with Crippen molar-refractivity contribution in [2.24, 2.45) is 0 Å². The van der Waals surface area contributed by atoms with Crippen molar-refractivity contribution in [2.45, 2.75) is 6.42 Å². The molecule has 2 heterocycles. The van der Waals surface area contributed by atoms with Crippen molar-refractivity contribution in [1.29, 1.82) is 0 Å². The lowest BCUT2D eigenvalue weighted by Gasteiger charge is -2.10. The first-order chi connectivity index (χ1) is 16.8. The molecule has 0 atom stereocenters. The Morgan fingerprint density at radius 2 is 1.89 bits per heavy atom. The van der Waals surface area contributed by atoms with Crippen LogP contribution in [0.2, 0.25) is 15.1 Å². The zero-order chi connectivity index (χ0) is 24.9. The maximum absolute atomic E-state index is 13.2. The Morgan fingerprint density at radius 1 is 1.06 bits per heavy atom. The van der Waals surface area contributed by atoms with Crippen molar-refractivity contribution >= 4 is 46.7 Å². The molecule has 11 heteroatoms. The summed E-state index contributed by atoms with van der Waals surface area (Å²) in [6.45, 7) is 0.290. The molecule has 2 aromatic carbocycles. The van der Waals surface area contributed by atoms with Crippen LogP contribution < -0.4 is 10.1 Å². The van der Waals surface area contributed by atoms with E-state index in [1.165, 1.54) is 18.6 Å². The average Bonchev–Trinajstić information content (AvgIpc) is 3.47. The fourth-order valence-corrected chi connectivity index (χ4v) is 4.07. The minimum absolute atomic E-state index is 0.138. The molecule has 0 bridgehead atoms. The molecule has 2 N–H and O–H groups in total. The van der Waals surface area contributed by atoms with E-state index in [0.29, 0.717) is 32.5 Å². The first kappa shape index (κ1) is 24.7. The average molecular weight is 536 g/mol. The topological polar surface area (TPSA) is 115 Å². The number of furan rings is 1. The number of aromatic nitrogens is 1. The largest absolute Gasteiger partial charge is 0.490 e. The number of rotatable bonds is 9. The molecule has 8 nitrogen and oxygen atoms in total. The van der Waals surface area contributed by atoms with Crippen LogP contribution in [0.5, 0.6) is 5.75 Å². The molecule has 0 spiro atoms. The number of nitrogens with one attached hydrogen (secondary N) is 1. The van der Waals surface area contributed by atoms with Crippen LogP contribution in [0.25, 0.3) is 22.6 Å². The second kappa shape index (κ2) is 10.9. The predicted octanol–water partition coefficient (Wildman–Crippen LogP) is 6.00. The summed E-state index contributed by atoms with van der Waals surface area (Å²) in [5.41, 5.74) is 1.77. The Kier molecular flexibility index (Phi) is 7.65. The van der Waals surface area contributed by atoms with Gasteiger partial charge in [-0.05, 0) is 35.9 Å². The van der Waals surface area contributed by atoms with Crippen molar-refractivity contribution in [3.05, 3.63) is 81.2 Å². The number of hydrogen-bond acceptors (Lipinski definition) is 6. The summed E-state index contributed by atoms with van der Waals surface area (Å²) in [7, 11) is 0. The smallest absolute Gasteiger partial charge is 0.307 e. The number of carbonyl (C=O) groups is 2. The second-order valence-corrected chi connectivity index (χ2v) is 8.56. The lowest BCUT2D eigenvalue weighted by molar-refractivity contribution is -0.136. The van der Waals surface area contributed by atoms with Crippen LogP contribution in [0.3, 0.4) is 0 Å². The van der Waals surface area contributed by atoms with E-state index >= 15 is 0 Å². The molecule has 35 heavy (non-hydrogen) atoms. The third kappa shape index (κ3) is 5.79. The Labute approximate surface area is 214 Å². The normalized spacial score (nSPS) is 10.8. The predicted molar refractivity (Wildman–Crippen MR) is 130 cm³/mol. The number of benzene rings is 2. The minimum atomic E-state index is -0.986. The van der Waals surface area contributed by atoms with Gasteiger partial charge in [-0.15, -0.1) is 0 Å². The van der Waals surface area contributed by atoms with E-state index in [9.17, 15) is 9.59 Å². The van der Waals surface area contributed by atoms with Gasteiger partial charge in [-0.1, -0.05) is 52.1 Å². The molecular formula is C24H17Cl3N2O6. The maximum atomic E-state index is 13.2. The van der Waals surface area contributed by atoms with Crippen LogP contribution in [0.4, 0.5) is 0 Å². The van der Waals surface area contributed by atoms with Crippen molar-refractivity contribution in [3.8, 4) is 28.3 Å². The van der Waals surface area contributed by atoms with Crippen LogP contribution in [0, 0.1) is 0 Å². The van der Waals surface area contributed by atoms with Gasteiger partial charge >= 0.3 is 5.97 Å². The number of hydrogen-bond donors (Lipinski definition) is 2. The first-order valence-corrected chi connectivity index (χ1v) is 11.4. The number of carboxylic acids is 1. The van der Waals surface area contributed by atoms with Crippen LogP contribution in [-0.4, -0.2) is 35.3 Å². The highest BCUT2D eigenvalue weighted by Gasteiger charge is 2.27. The van der Waals surface area contributed by atoms with E-state index < -0.39 is 11.9 Å². The molecule has 0 aliphatic rings. The molecule has 4 aromatic rings. The van der Waals surface area contributed by atoms with Gasteiger partial charge in [0.1, 0.15) is 29.9 Å². The van der Waals surface area contributed by atoms with Gasteiger partial charge in [-0.25, -0.2) is 0 Å². The van der Waals surface area contributed by atoms with Crippen molar-refractivity contribution in [2.75, 3.05) is 13.2 Å². The minimum Gasteiger partial charge on any atom is -0.490 e. The summed E-state index contributed by atoms with van der Waals surface area (Å²) in [5.74, 6) is -0.838. The molecule has 0 aliphatic heterocycles. The number of nitrogens with zero attached hydrogens (tertiary/aromatic N) is 1. The second-order valence-electron chi connectivity index (χ2n) is 7.31. The summed E-state index contributed by atoms with van der Waals surface area (Å²) in [6, 6.07) is 11.2. The van der Waals surface area contributed by atoms with Crippen LogP contribution in [-0.2, 0) is 11.2 Å². The highest BCUT2D eigenvalue weighted by atomic mass is 35.5. The zero-order valence-electron chi connectivity index (χ0n) is 17.9. The SMILES string of the molecule is O=C(O)Cc1ccc(-c2noc(-c3ccoc3)c2C(=O)NCCOc2ccc(Cl)cc2Cl)c(Cl)c1. The molecular weight excluding hydrogens is 519 g/mol. The van der Waals surface area contributed by atoms with Crippen LogP contribution >= 0.6 is 34.8 Å². The number of aliphatic carboxylic acids is 1. The van der Waals surface area contributed by atoms with Gasteiger partial charge in [0.25, 0.3) is 5.91 Å². The molecule has 0 unspecified atom stereocenters. The van der Waals surface area contributed by atoms with E-state index in [1.54, 1.807) is 36.4 Å². The number of carbonyl (C=O) groups excluding carboxylic acids is 1. The molecule has 2 aromatic heterocycles. The van der Waals surface area contributed by atoms with Crippen LogP contribution in [0.15, 0.2) is 63.9 Å². The molecule has 0 saturated heterocycles. The fraction of sp³-hybridized carbons (Fsp3) is 0.125. The zero-order valence-corrected chi connectivity index (χ0v) is 20.2. The summed E-state index contributed by atoms with van der Waals surface area (Å²) in [4.78, 5) is 24.2. The lowest BCUT2D eigenvalue weighted by atomic mass is 10.0. The Balaban J connectivity index is 1.56. The number of ether oxygens (including phenoxy) is 1. The lowest BCUT2D eigenvalue weighted by Crippen LogP contribution is -2.28. The Hall–Kier alpha value is -3.46. The number of amides is 1. The highest BCUT2D eigenvalue weighted by Crippen LogP contribution is 2.36. The summed E-state index contributed by atoms with van der Waals surface area (Å²) in [6.07, 6.45) is 2.67. The number of halogens is 3. The highest BCUT2D eigenvalue weighted by molar-refractivity contribution is 6.35. The number of carboxylic acid groups (broad SMARTS) is 1. The standard InChI is InChI=1S/C24H17Cl3N2O6/c25-15-2-4-19(18(27)11-15)34-8-6-28-24(32)21-22(29-35-23(21)14-5-7-33-12-14)16-3-1-13(9-17(16)26)10-20(30)31/h1-5,7,9,11-12H,6,8,10H2,(H,28,32)(H,30,31). The van der Waals surface area contributed by atoms with Gasteiger partial charge in [0.05, 0.1) is 34.8 Å². The molecule has 0 saturated carbocycles. The van der Waals surface area contributed by atoms with Crippen LogP contribution in [0.1, 0.15) is 15.9 Å². The molecule has 0 fully saturated rings. The third-order valence-corrected chi connectivity index (χ3v) is 5.73. The van der Waals surface area contributed by atoms with E-state index in [0.717, 1.165) is 0 Å². The van der Waals surface area contributed by atoms with E-state index in [2.05, 4.69) is 10.5 Å². The van der Waals surface area contributed by atoms with E-state index in [-0.39, 0.29) is 41.6 Å². The quantitative estimate of drug-likeness (QED) is 0.253. The van der Waals surface area contributed by atoms with Crippen molar-refractivity contribution in [1.82, 2.24) is 10.5 Å². The van der Waals surface area contributed by atoms with E-state index in [4.69, 9.17) is 53.6 Å². The first-order valence-electron chi connectivity index (χ1n) is 10.2. The monoisotopic (exact) mass is 534 g/mol. The van der Waals surface area contributed by atoms with E-state index in [1.807, 2.05) is 0 Å². The third-order valence-electron chi connectivity index (χ3n) is 4.89. The Bertz CT molecular complexity index is 1370. The van der Waals surface area contributed by atoms with Gasteiger partial charge in [0, 0.05) is 10.6 Å². The molecule has 0 aliphatic carbocycles. The summed E-state index contributed by atoms with van der Waals surface area (Å²) < 4.78 is 16.2. The van der Waals surface area contributed by atoms with Gasteiger partial charge < -0.3 is 24.1 Å². The van der Waals surface area contributed by atoms with Gasteiger partial charge in [0.2, 0.25) is 0 Å². The summed E-state index contributed by atoms with van der Waals surface area (Å²) in [5, 5.41) is 16.9. The van der Waals surface area contributed by atoms with Gasteiger partial charge in [-0.3, -0.25) is 9.59 Å².